The Kier molecular flexibility index (Phi) is 5.06. The molecule has 148 valence electrons. The molecule has 2 heterocycles. The topological polar surface area (TPSA) is 118 Å². The maximum absolute atomic E-state index is 13.0. The van der Waals surface area contributed by atoms with Gasteiger partial charge < -0.3 is 10.3 Å². The molecule has 0 saturated carbocycles. The molecule has 0 bridgehead atoms. The van der Waals surface area contributed by atoms with Gasteiger partial charge in [0.1, 0.15) is 5.82 Å². The summed E-state index contributed by atoms with van der Waals surface area (Å²) in [7, 11) is 0. The molecule has 1 aromatic heterocycles. The first kappa shape index (κ1) is 19.1. The summed E-state index contributed by atoms with van der Waals surface area (Å²) in [4.78, 5) is 43.6. The molecule has 1 unspecified atom stereocenters. The standard InChI is InChI=1S/C20H18N4O4S/c1-2-10-29-20-22-18-17(19(26)23-20)15(11-6-8-12(9-7-11)24(27)28)16-13(21-18)4-3-5-14(16)25/h2,6-9,15H,1,3-5,10H2,(H2,21,22,23,26). The van der Waals surface area contributed by atoms with Gasteiger partial charge in [0, 0.05) is 41.5 Å². The first-order chi connectivity index (χ1) is 14.0. The van der Waals surface area contributed by atoms with Crippen LogP contribution in [0.1, 0.15) is 36.3 Å². The van der Waals surface area contributed by atoms with Crippen LogP contribution in [0.5, 0.6) is 0 Å². The highest BCUT2D eigenvalue weighted by Gasteiger charge is 2.37. The lowest BCUT2D eigenvalue weighted by molar-refractivity contribution is -0.384. The molecule has 1 atom stereocenters. The SMILES string of the molecule is C=CCSc1nc2c(c(=O)[nH]1)C(c1ccc([N+](=O)[O-])cc1)C1=C(CCCC1=O)N2. The molecule has 8 nitrogen and oxygen atoms in total. The molecule has 2 N–H and O–H groups in total. The van der Waals surface area contributed by atoms with Crippen molar-refractivity contribution in [1.82, 2.24) is 9.97 Å². The number of hydrogen-bond donors (Lipinski definition) is 2. The van der Waals surface area contributed by atoms with Crippen LogP contribution in [0.25, 0.3) is 0 Å². The number of rotatable bonds is 5. The summed E-state index contributed by atoms with van der Waals surface area (Å²) in [5, 5.41) is 14.7. The summed E-state index contributed by atoms with van der Waals surface area (Å²) in [6.07, 6.45) is 3.55. The van der Waals surface area contributed by atoms with Gasteiger partial charge in [-0.2, -0.15) is 0 Å². The number of benzene rings is 1. The largest absolute Gasteiger partial charge is 0.343 e. The number of non-ortho nitro benzene ring substituents is 1. The van der Waals surface area contributed by atoms with Gasteiger partial charge in [-0.15, -0.1) is 6.58 Å². The number of nitro groups is 1. The molecule has 29 heavy (non-hydrogen) atoms. The van der Waals surface area contributed by atoms with Gasteiger partial charge in [-0.3, -0.25) is 19.7 Å². The maximum Gasteiger partial charge on any atom is 0.269 e. The molecule has 1 aromatic carbocycles. The average molecular weight is 410 g/mol. The van der Waals surface area contributed by atoms with Crippen molar-refractivity contribution in [3.05, 3.63) is 79.8 Å². The minimum atomic E-state index is -0.607. The number of hydrogen-bond acceptors (Lipinski definition) is 7. The molecule has 1 aliphatic carbocycles. The number of aromatic amines is 1. The molecule has 0 amide bonds. The summed E-state index contributed by atoms with van der Waals surface area (Å²) in [6.45, 7) is 3.67. The lowest BCUT2D eigenvalue weighted by atomic mass is 9.76. The number of nitrogens with one attached hydrogen (secondary N) is 2. The lowest BCUT2D eigenvalue weighted by Crippen LogP contribution is -2.32. The molecular weight excluding hydrogens is 392 g/mol. The zero-order valence-corrected chi connectivity index (χ0v) is 16.3. The number of carbonyl (C=O) groups excluding carboxylic acids is 1. The van der Waals surface area contributed by atoms with Gasteiger partial charge in [0.15, 0.2) is 10.9 Å². The minimum absolute atomic E-state index is 0.0164. The van der Waals surface area contributed by atoms with Crippen molar-refractivity contribution in [2.75, 3.05) is 11.1 Å². The van der Waals surface area contributed by atoms with Crippen LogP contribution in [0.2, 0.25) is 0 Å². The Hall–Kier alpha value is -3.20. The van der Waals surface area contributed by atoms with Crippen LogP contribution < -0.4 is 10.9 Å². The number of allylic oxidation sites excluding steroid dienone is 2. The van der Waals surface area contributed by atoms with Crippen LogP contribution >= 0.6 is 11.8 Å². The van der Waals surface area contributed by atoms with Crippen LogP contribution in [-0.4, -0.2) is 26.4 Å². The molecular formula is C20H18N4O4S. The number of fused-ring (bicyclic) bond motifs is 1. The van der Waals surface area contributed by atoms with Gasteiger partial charge in [-0.25, -0.2) is 4.98 Å². The number of aromatic nitrogens is 2. The zero-order chi connectivity index (χ0) is 20.5. The highest BCUT2D eigenvalue weighted by atomic mass is 32.2. The van der Waals surface area contributed by atoms with E-state index in [1.165, 1.54) is 23.9 Å². The van der Waals surface area contributed by atoms with Crippen molar-refractivity contribution in [2.24, 2.45) is 0 Å². The average Bonchev–Trinajstić information content (AvgIpc) is 2.71. The fourth-order valence-electron chi connectivity index (χ4n) is 3.77. The first-order valence-electron chi connectivity index (χ1n) is 9.15. The van der Waals surface area contributed by atoms with Gasteiger partial charge in [0.05, 0.1) is 10.5 Å². The lowest BCUT2D eigenvalue weighted by Gasteiger charge is -2.32. The fourth-order valence-corrected chi connectivity index (χ4v) is 4.36. The number of carbonyl (C=O) groups is 1. The van der Waals surface area contributed by atoms with Crippen LogP contribution in [0.4, 0.5) is 11.5 Å². The first-order valence-corrected chi connectivity index (χ1v) is 10.1. The van der Waals surface area contributed by atoms with Crippen molar-refractivity contribution < 1.29 is 9.72 Å². The Morgan fingerprint density at radius 1 is 1.28 bits per heavy atom. The second-order valence-electron chi connectivity index (χ2n) is 6.81. The smallest absolute Gasteiger partial charge is 0.269 e. The molecule has 2 aliphatic rings. The fraction of sp³-hybridized carbons (Fsp3) is 0.250. The highest BCUT2D eigenvalue weighted by molar-refractivity contribution is 7.99. The van der Waals surface area contributed by atoms with Crippen LogP contribution in [0, 0.1) is 10.1 Å². The summed E-state index contributed by atoms with van der Waals surface area (Å²) in [6, 6.07) is 5.98. The maximum atomic E-state index is 13.0. The van der Waals surface area contributed by atoms with E-state index < -0.39 is 10.8 Å². The number of ketones is 1. The van der Waals surface area contributed by atoms with Crippen molar-refractivity contribution in [3.63, 3.8) is 0 Å². The molecule has 2 aromatic rings. The van der Waals surface area contributed by atoms with Crippen LogP contribution in [0.15, 0.2) is 58.1 Å². The Morgan fingerprint density at radius 2 is 2.03 bits per heavy atom. The molecule has 4 rings (SSSR count). The van der Waals surface area contributed by atoms with E-state index in [1.54, 1.807) is 18.2 Å². The Labute approximate surface area is 170 Å². The Balaban J connectivity index is 1.88. The van der Waals surface area contributed by atoms with E-state index >= 15 is 0 Å². The van der Waals surface area contributed by atoms with Crippen molar-refractivity contribution in [1.29, 1.82) is 0 Å². The second kappa shape index (κ2) is 7.67. The van der Waals surface area contributed by atoms with E-state index in [-0.39, 0.29) is 17.0 Å². The number of thioether (sulfide) groups is 1. The summed E-state index contributed by atoms with van der Waals surface area (Å²) < 4.78 is 0. The predicted molar refractivity (Wildman–Crippen MR) is 110 cm³/mol. The van der Waals surface area contributed by atoms with Crippen molar-refractivity contribution in [3.8, 4) is 0 Å². The Morgan fingerprint density at radius 3 is 2.72 bits per heavy atom. The van der Waals surface area contributed by atoms with Gasteiger partial charge in [0.2, 0.25) is 0 Å². The summed E-state index contributed by atoms with van der Waals surface area (Å²) in [5.41, 5.74) is 1.96. The van der Waals surface area contributed by atoms with Gasteiger partial charge >= 0.3 is 0 Å². The molecule has 9 heteroatoms. The quantitative estimate of drug-likeness (QED) is 0.254. The summed E-state index contributed by atoms with van der Waals surface area (Å²) >= 11 is 1.36. The molecule has 0 radical (unpaired) electrons. The summed E-state index contributed by atoms with van der Waals surface area (Å²) in [5.74, 6) is 0.402. The Bertz CT molecular complexity index is 1100. The van der Waals surface area contributed by atoms with Gasteiger partial charge in [-0.05, 0) is 18.4 Å². The van der Waals surface area contributed by atoms with Crippen LogP contribution in [0.3, 0.4) is 0 Å². The third-order valence-electron chi connectivity index (χ3n) is 5.01. The van der Waals surface area contributed by atoms with Crippen molar-refractivity contribution in [2.45, 2.75) is 30.3 Å². The number of nitrogens with zero attached hydrogens (tertiary/aromatic N) is 2. The van der Waals surface area contributed by atoms with E-state index in [4.69, 9.17) is 0 Å². The molecule has 0 spiro atoms. The van der Waals surface area contributed by atoms with Gasteiger partial charge in [-0.1, -0.05) is 30.0 Å². The normalized spacial score (nSPS) is 17.9. The van der Waals surface area contributed by atoms with Crippen LogP contribution in [-0.2, 0) is 4.79 Å². The number of H-pyrrole nitrogens is 1. The molecule has 1 aliphatic heterocycles. The van der Waals surface area contributed by atoms with E-state index in [0.717, 1.165) is 12.1 Å². The van der Waals surface area contributed by atoms with E-state index in [0.29, 0.717) is 46.3 Å². The predicted octanol–water partition coefficient (Wildman–Crippen LogP) is 3.52. The second-order valence-corrected chi connectivity index (χ2v) is 7.82. The van der Waals surface area contributed by atoms with E-state index in [9.17, 15) is 19.7 Å². The van der Waals surface area contributed by atoms with Gasteiger partial charge in [0.25, 0.3) is 11.2 Å². The molecule has 0 saturated heterocycles. The van der Waals surface area contributed by atoms with E-state index in [1.807, 2.05) is 0 Å². The number of Topliss-reactive ketones (excluding diaryl/α,β-unsaturated/α-hetero) is 1. The zero-order valence-electron chi connectivity index (χ0n) is 15.4. The minimum Gasteiger partial charge on any atom is -0.343 e. The number of nitro benzene ring substituents is 1. The van der Waals surface area contributed by atoms with Crippen molar-refractivity contribution >= 4 is 29.1 Å². The van der Waals surface area contributed by atoms with E-state index in [2.05, 4.69) is 21.9 Å². The third-order valence-corrected chi connectivity index (χ3v) is 5.88. The number of anilines is 1. The molecule has 0 fully saturated rings. The monoisotopic (exact) mass is 410 g/mol. The third kappa shape index (κ3) is 3.49. The highest BCUT2D eigenvalue weighted by Crippen LogP contribution is 2.43.